The van der Waals surface area contributed by atoms with E-state index in [9.17, 15) is 0 Å². The molecule has 1 atom stereocenters. The third-order valence-electron chi connectivity index (χ3n) is 7.72. The zero-order valence-corrected chi connectivity index (χ0v) is 21.2. The molecule has 0 amide bonds. The number of benzene rings is 3. The van der Waals surface area contributed by atoms with Crippen LogP contribution >= 0.6 is 0 Å². The molecule has 0 radical (unpaired) electrons. The first-order chi connectivity index (χ1) is 16.7. The van der Waals surface area contributed by atoms with E-state index in [1.807, 2.05) is 0 Å². The van der Waals surface area contributed by atoms with Crippen LogP contribution in [0.5, 0.6) is 5.75 Å². The van der Waals surface area contributed by atoms with E-state index in [4.69, 9.17) is 4.74 Å². The van der Waals surface area contributed by atoms with Gasteiger partial charge in [-0.05, 0) is 68.6 Å². The number of hydrogen-bond donors (Lipinski definition) is 0. The molecule has 0 aliphatic carbocycles. The number of para-hydroxylation sites is 1. The molecule has 1 aliphatic rings. The summed E-state index contributed by atoms with van der Waals surface area (Å²) in [4.78, 5) is 0. The number of rotatable bonds is 10. The van der Waals surface area contributed by atoms with Crippen LogP contribution in [0.25, 0.3) is 0 Å². The Morgan fingerprint density at radius 1 is 0.706 bits per heavy atom. The molecule has 34 heavy (non-hydrogen) atoms. The summed E-state index contributed by atoms with van der Waals surface area (Å²) in [6.07, 6.45) is 7.77. The van der Waals surface area contributed by atoms with Crippen molar-refractivity contribution in [2.45, 2.75) is 64.8 Å². The van der Waals surface area contributed by atoms with Crippen molar-refractivity contribution in [2.24, 2.45) is 0 Å². The van der Waals surface area contributed by atoms with Crippen LogP contribution in [-0.2, 0) is 6.54 Å². The van der Waals surface area contributed by atoms with Crippen molar-refractivity contribution in [3.05, 3.63) is 101 Å². The van der Waals surface area contributed by atoms with Gasteiger partial charge in [0, 0.05) is 12.0 Å². The Morgan fingerprint density at radius 2 is 1.32 bits per heavy atom. The molecular formula is C32H42NO+. The van der Waals surface area contributed by atoms with E-state index in [-0.39, 0.29) is 0 Å². The first-order valence-electron chi connectivity index (χ1n) is 13.3. The second kappa shape index (κ2) is 12.2. The molecule has 1 saturated heterocycles. The first kappa shape index (κ1) is 24.5. The van der Waals surface area contributed by atoms with Gasteiger partial charge in [0.05, 0.1) is 26.2 Å². The summed E-state index contributed by atoms with van der Waals surface area (Å²) in [5.41, 5.74) is 5.40. The van der Waals surface area contributed by atoms with Gasteiger partial charge >= 0.3 is 0 Å². The lowest BCUT2D eigenvalue weighted by molar-refractivity contribution is -0.940. The lowest BCUT2D eigenvalue weighted by Gasteiger charge is -2.39. The Labute approximate surface area is 207 Å². The van der Waals surface area contributed by atoms with Crippen molar-refractivity contribution in [3.8, 4) is 5.75 Å². The minimum atomic E-state index is 0.527. The molecule has 1 aliphatic heterocycles. The van der Waals surface area contributed by atoms with Crippen LogP contribution in [0, 0.1) is 13.8 Å². The van der Waals surface area contributed by atoms with E-state index in [0.29, 0.717) is 5.92 Å². The summed E-state index contributed by atoms with van der Waals surface area (Å²) < 4.78 is 7.59. The summed E-state index contributed by atoms with van der Waals surface area (Å²) in [5.74, 6) is 1.59. The molecule has 3 aromatic carbocycles. The molecular weight excluding hydrogens is 414 g/mol. The van der Waals surface area contributed by atoms with Crippen molar-refractivity contribution in [1.29, 1.82) is 0 Å². The van der Waals surface area contributed by atoms with Crippen LogP contribution in [0.1, 0.15) is 66.7 Å². The Morgan fingerprint density at radius 3 is 1.97 bits per heavy atom. The second-order valence-electron chi connectivity index (χ2n) is 10.3. The van der Waals surface area contributed by atoms with Crippen LogP contribution < -0.4 is 4.74 Å². The zero-order chi connectivity index (χ0) is 23.6. The fraction of sp³-hybridized carbons (Fsp3) is 0.438. The summed E-state index contributed by atoms with van der Waals surface area (Å²) in [6, 6.07) is 28.7. The molecule has 0 bridgehead atoms. The molecule has 180 valence electrons. The molecule has 1 heterocycles. The Hall–Kier alpha value is -2.58. The Kier molecular flexibility index (Phi) is 8.82. The fourth-order valence-corrected chi connectivity index (χ4v) is 5.75. The van der Waals surface area contributed by atoms with Crippen molar-refractivity contribution in [3.63, 3.8) is 0 Å². The molecule has 0 N–H and O–H groups in total. The molecule has 4 rings (SSSR count). The van der Waals surface area contributed by atoms with E-state index in [2.05, 4.69) is 92.7 Å². The normalized spacial score (nSPS) is 16.5. The molecule has 0 spiro atoms. The number of nitrogens with zero attached hydrogens (tertiary/aromatic N) is 1. The maximum atomic E-state index is 6.35. The highest BCUT2D eigenvalue weighted by atomic mass is 16.5. The number of likely N-dealkylation sites (tertiary alicyclic amines) is 1. The smallest absolute Gasteiger partial charge is 0.125 e. The number of hydrogen-bond acceptors (Lipinski definition) is 1. The van der Waals surface area contributed by atoms with Gasteiger partial charge in [0.25, 0.3) is 0 Å². The highest BCUT2D eigenvalue weighted by Crippen LogP contribution is 2.30. The summed E-state index contributed by atoms with van der Waals surface area (Å²) in [7, 11) is 0. The van der Waals surface area contributed by atoms with Crippen LogP contribution in [0.3, 0.4) is 0 Å². The minimum absolute atomic E-state index is 0.527. The van der Waals surface area contributed by atoms with Gasteiger partial charge in [-0.3, -0.25) is 0 Å². The van der Waals surface area contributed by atoms with Crippen LogP contribution in [0.4, 0.5) is 0 Å². The minimum Gasteiger partial charge on any atom is -0.493 e. The molecule has 1 unspecified atom stereocenters. The van der Waals surface area contributed by atoms with Crippen LogP contribution in [0.15, 0.2) is 78.9 Å². The first-order valence-corrected chi connectivity index (χ1v) is 13.3. The number of aryl methyl sites for hydroxylation is 2. The quantitative estimate of drug-likeness (QED) is 0.282. The topological polar surface area (TPSA) is 9.23 Å². The van der Waals surface area contributed by atoms with Gasteiger partial charge in [0.2, 0.25) is 0 Å². The van der Waals surface area contributed by atoms with E-state index < -0.39 is 0 Å². The van der Waals surface area contributed by atoms with Gasteiger partial charge in [0.15, 0.2) is 0 Å². The Bertz CT molecular complexity index is 970. The van der Waals surface area contributed by atoms with E-state index >= 15 is 0 Å². The third kappa shape index (κ3) is 6.73. The fourth-order valence-electron chi connectivity index (χ4n) is 5.75. The van der Waals surface area contributed by atoms with E-state index in [1.165, 1.54) is 85.0 Å². The summed E-state index contributed by atoms with van der Waals surface area (Å²) in [5, 5.41) is 0. The molecule has 3 aromatic rings. The van der Waals surface area contributed by atoms with Crippen molar-refractivity contribution >= 4 is 0 Å². The molecule has 2 heteroatoms. The maximum Gasteiger partial charge on any atom is 0.125 e. The molecule has 0 aromatic heterocycles. The van der Waals surface area contributed by atoms with E-state index in [1.54, 1.807) is 0 Å². The highest BCUT2D eigenvalue weighted by Gasteiger charge is 2.30. The highest BCUT2D eigenvalue weighted by molar-refractivity contribution is 5.39. The van der Waals surface area contributed by atoms with Crippen molar-refractivity contribution in [2.75, 3.05) is 26.2 Å². The van der Waals surface area contributed by atoms with E-state index in [0.717, 1.165) is 18.8 Å². The lowest BCUT2D eigenvalue weighted by atomic mass is 9.92. The number of ether oxygens (including phenoxy) is 1. The van der Waals surface area contributed by atoms with Gasteiger partial charge < -0.3 is 9.22 Å². The zero-order valence-electron chi connectivity index (χ0n) is 21.2. The van der Waals surface area contributed by atoms with Gasteiger partial charge in [0.1, 0.15) is 12.3 Å². The number of quaternary nitrogens is 1. The predicted molar refractivity (Wildman–Crippen MR) is 143 cm³/mol. The average Bonchev–Trinajstić information content (AvgIpc) is 3.10. The van der Waals surface area contributed by atoms with Crippen molar-refractivity contribution in [1.82, 2.24) is 0 Å². The van der Waals surface area contributed by atoms with Gasteiger partial charge in [-0.2, -0.15) is 0 Å². The Balaban J connectivity index is 1.47. The van der Waals surface area contributed by atoms with Crippen LogP contribution in [0.2, 0.25) is 0 Å². The molecule has 2 nitrogen and oxygen atoms in total. The van der Waals surface area contributed by atoms with Gasteiger partial charge in [-0.15, -0.1) is 0 Å². The van der Waals surface area contributed by atoms with Crippen molar-refractivity contribution < 1.29 is 9.22 Å². The van der Waals surface area contributed by atoms with Crippen LogP contribution in [-0.4, -0.2) is 30.7 Å². The summed E-state index contributed by atoms with van der Waals surface area (Å²) >= 11 is 0. The largest absolute Gasteiger partial charge is 0.493 e. The average molecular weight is 457 g/mol. The SMILES string of the molecule is Cc1cccc(C)c1OCCC(CC[N+]1(Cc2ccccc2)CCCCCC1)c1ccccc1. The van der Waals surface area contributed by atoms with Gasteiger partial charge in [-0.25, -0.2) is 0 Å². The maximum absolute atomic E-state index is 6.35. The van der Waals surface area contributed by atoms with Gasteiger partial charge in [-0.1, -0.05) is 78.9 Å². The monoisotopic (exact) mass is 456 g/mol. The standard InChI is InChI=1S/C32H42NO/c1-27-14-13-15-28(2)32(27)34-25-21-31(30-18-9-6-10-19-30)20-24-33(22-11-3-4-12-23-33)26-29-16-7-5-8-17-29/h5-10,13-19,31H,3-4,11-12,20-26H2,1-2H3/q+1. The predicted octanol–water partition coefficient (Wildman–Crippen LogP) is 7.84. The third-order valence-corrected chi connectivity index (χ3v) is 7.72. The lowest BCUT2D eigenvalue weighted by Crippen LogP contribution is -2.49. The second-order valence-corrected chi connectivity index (χ2v) is 10.3. The molecule has 0 saturated carbocycles. The summed E-state index contributed by atoms with van der Waals surface area (Å²) in [6.45, 7) is 10.1. The molecule has 1 fully saturated rings.